The van der Waals surface area contributed by atoms with Crippen molar-refractivity contribution in [3.63, 3.8) is 0 Å². The van der Waals surface area contributed by atoms with Crippen molar-refractivity contribution in [2.75, 3.05) is 18.4 Å². The topological polar surface area (TPSA) is 112 Å². The molecule has 1 aromatic heterocycles. The Balaban J connectivity index is 2.18. The van der Waals surface area contributed by atoms with Crippen molar-refractivity contribution in [3.05, 3.63) is 24.0 Å². The summed E-state index contributed by atoms with van der Waals surface area (Å²) in [6.45, 7) is 2.56. The molecule has 3 N–H and O–H groups in total. The van der Waals surface area contributed by atoms with E-state index in [2.05, 4.69) is 15.6 Å². The first-order valence-corrected chi connectivity index (χ1v) is 6.58. The number of aromatic carboxylic acids is 1. The van der Waals surface area contributed by atoms with Crippen LogP contribution in [0.3, 0.4) is 0 Å². The van der Waals surface area contributed by atoms with Crippen LogP contribution in [0, 0.1) is 0 Å². The van der Waals surface area contributed by atoms with Crippen LogP contribution < -0.4 is 10.6 Å². The minimum Gasteiger partial charge on any atom is -0.476 e. The molecule has 1 fully saturated rings. The number of anilines is 1. The summed E-state index contributed by atoms with van der Waals surface area (Å²) in [5, 5.41) is 14.2. The molecule has 0 aromatic carbocycles. The maximum Gasteiger partial charge on any atom is 0.356 e. The number of nitrogens with one attached hydrogen (secondary N) is 2. The first-order chi connectivity index (χ1) is 10.0. The van der Waals surface area contributed by atoms with Crippen LogP contribution >= 0.6 is 0 Å². The van der Waals surface area contributed by atoms with Crippen LogP contribution in [-0.2, 0) is 4.79 Å². The molecule has 1 atom stereocenters. The molecule has 3 amide bonds. The van der Waals surface area contributed by atoms with E-state index in [1.54, 1.807) is 0 Å². The highest BCUT2D eigenvalue weighted by atomic mass is 16.4. The van der Waals surface area contributed by atoms with Crippen molar-refractivity contribution < 1.29 is 19.5 Å². The number of hydrogen-bond acceptors (Lipinski definition) is 4. The number of carbonyl (C=O) groups is 3. The average molecular weight is 292 g/mol. The summed E-state index contributed by atoms with van der Waals surface area (Å²) in [6.07, 6.45) is 1.82. The van der Waals surface area contributed by atoms with E-state index in [4.69, 9.17) is 5.11 Å². The van der Waals surface area contributed by atoms with Crippen LogP contribution in [0.2, 0.25) is 0 Å². The molecular weight excluding hydrogens is 276 g/mol. The molecule has 21 heavy (non-hydrogen) atoms. The van der Waals surface area contributed by atoms with Crippen molar-refractivity contribution in [1.29, 1.82) is 0 Å². The molecule has 1 saturated heterocycles. The molecule has 2 heterocycles. The van der Waals surface area contributed by atoms with Gasteiger partial charge in [-0.05, 0) is 18.6 Å². The number of carbonyl (C=O) groups excluding carboxylic acids is 2. The maximum absolute atomic E-state index is 12.3. The van der Waals surface area contributed by atoms with Gasteiger partial charge in [0.05, 0.1) is 5.69 Å². The lowest BCUT2D eigenvalue weighted by Gasteiger charge is -2.34. The number of piperazine rings is 1. The van der Waals surface area contributed by atoms with E-state index in [9.17, 15) is 14.4 Å². The Kier molecular flexibility index (Phi) is 4.36. The fourth-order valence-corrected chi connectivity index (χ4v) is 2.23. The van der Waals surface area contributed by atoms with Crippen LogP contribution in [0.1, 0.15) is 23.8 Å². The number of carboxylic acid groups (broad SMARTS) is 1. The molecule has 8 nitrogen and oxygen atoms in total. The molecule has 1 aliphatic heterocycles. The van der Waals surface area contributed by atoms with Crippen molar-refractivity contribution in [1.82, 2.24) is 15.2 Å². The van der Waals surface area contributed by atoms with Gasteiger partial charge >= 0.3 is 12.0 Å². The monoisotopic (exact) mass is 292 g/mol. The second-order valence-corrected chi connectivity index (χ2v) is 4.54. The minimum atomic E-state index is -1.23. The van der Waals surface area contributed by atoms with E-state index >= 15 is 0 Å². The maximum atomic E-state index is 12.3. The molecular formula is C13H16N4O4. The Hall–Kier alpha value is -2.64. The van der Waals surface area contributed by atoms with Crippen molar-refractivity contribution in [2.24, 2.45) is 0 Å². The van der Waals surface area contributed by atoms with E-state index in [1.807, 2.05) is 6.92 Å². The Morgan fingerprint density at radius 3 is 3.00 bits per heavy atom. The predicted molar refractivity (Wildman–Crippen MR) is 74.0 cm³/mol. The van der Waals surface area contributed by atoms with Gasteiger partial charge in [-0.25, -0.2) is 14.6 Å². The number of nitrogens with zero attached hydrogens (tertiary/aromatic N) is 2. The average Bonchev–Trinajstić information content (AvgIpc) is 2.47. The summed E-state index contributed by atoms with van der Waals surface area (Å²) >= 11 is 0. The highest BCUT2D eigenvalue weighted by Gasteiger charge is 2.32. The summed E-state index contributed by atoms with van der Waals surface area (Å²) in [5.74, 6) is -1.43. The number of hydrogen-bond donors (Lipinski definition) is 3. The van der Waals surface area contributed by atoms with Gasteiger partial charge in [0.15, 0.2) is 5.69 Å². The number of rotatable bonds is 3. The summed E-state index contributed by atoms with van der Waals surface area (Å²) in [4.78, 5) is 40.2. The molecule has 0 spiro atoms. The number of aromatic nitrogens is 1. The van der Waals surface area contributed by atoms with Crippen molar-refractivity contribution in [2.45, 2.75) is 19.4 Å². The molecule has 0 aliphatic carbocycles. The van der Waals surface area contributed by atoms with Crippen LogP contribution in [-0.4, -0.2) is 52.0 Å². The lowest BCUT2D eigenvalue weighted by Crippen LogP contribution is -2.57. The highest BCUT2D eigenvalue weighted by molar-refractivity contribution is 6.00. The first kappa shape index (κ1) is 14.8. The zero-order valence-corrected chi connectivity index (χ0v) is 11.5. The van der Waals surface area contributed by atoms with Gasteiger partial charge in [-0.3, -0.25) is 4.79 Å². The predicted octanol–water partition coefficient (Wildman–Crippen LogP) is 0.522. The van der Waals surface area contributed by atoms with Crippen LogP contribution in [0.25, 0.3) is 0 Å². The van der Waals surface area contributed by atoms with E-state index in [0.717, 1.165) is 0 Å². The highest BCUT2D eigenvalue weighted by Crippen LogP contribution is 2.15. The second-order valence-electron chi connectivity index (χ2n) is 4.54. The molecule has 1 unspecified atom stereocenters. The Labute approximate surface area is 121 Å². The van der Waals surface area contributed by atoms with E-state index in [1.165, 1.54) is 23.2 Å². The van der Waals surface area contributed by atoms with Gasteiger partial charge in [-0.1, -0.05) is 6.92 Å². The van der Waals surface area contributed by atoms with Crippen LogP contribution in [0.5, 0.6) is 0 Å². The van der Waals surface area contributed by atoms with Gasteiger partial charge in [-0.15, -0.1) is 0 Å². The van der Waals surface area contributed by atoms with Gasteiger partial charge in [0.2, 0.25) is 5.91 Å². The number of pyridine rings is 1. The number of amides is 3. The smallest absolute Gasteiger partial charge is 0.356 e. The minimum absolute atomic E-state index is 0.107. The molecule has 0 saturated carbocycles. The van der Waals surface area contributed by atoms with Gasteiger partial charge in [-0.2, -0.15) is 0 Å². The fourth-order valence-electron chi connectivity index (χ4n) is 2.23. The van der Waals surface area contributed by atoms with Crippen molar-refractivity contribution >= 4 is 23.6 Å². The molecule has 2 rings (SSSR count). The summed E-state index contributed by atoms with van der Waals surface area (Å²) in [5.41, 5.74) is -0.129. The Morgan fingerprint density at radius 2 is 2.33 bits per heavy atom. The molecule has 1 aliphatic rings. The fraction of sp³-hybridized carbons (Fsp3) is 0.385. The van der Waals surface area contributed by atoms with Gasteiger partial charge in [0.1, 0.15) is 6.04 Å². The number of carboxylic acids is 1. The quantitative estimate of drug-likeness (QED) is 0.752. The van der Waals surface area contributed by atoms with Crippen molar-refractivity contribution in [3.8, 4) is 0 Å². The van der Waals surface area contributed by atoms with Gasteiger partial charge < -0.3 is 20.6 Å². The lowest BCUT2D eigenvalue weighted by molar-refractivity contribution is -0.127. The number of urea groups is 1. The third-order valence-electron chi connectivity index (χ3n) is 3.23. The molecule has 0 radical (unpaired) electrons. The second kappa shape index (κ2) is 6.21. The zero-order chi connectivity index (χ0) is 15.4. The van der Waals surface area contributed by atoms with Gasteiger partial charge in [0.25, 0.3) is 0 Å². The van der Waals surface area contributed by atoms with Gasteiger partial charge in [0, 0.05) is 19.3 Å². The third kappa shape index (κ3) is 3.10. The van der Waals surface area contributed by atoms with E-state index in [0.29, 0.717) is 19.5 Å². The largest absolute Gasteiger partial charge is 0.476 e. The molecule has 1 aromatic rings. The Bertz CT molecular complexity index is 575. The third-order valence-corrected chi connectivity index (χ3v) is 3.23. The van der Waals surface area contributed by atoms with E-state index in [-0.39, 0.29) is 17.3 Å². The van der Waals surface area contributed by atoms with E-state index < -0.39 is 18.0 Å². The molecule has 112 valence electrons. The molecule has 0 bridgehead atoms. The molecule has 8 heteroatoms. The summed E-state index contributed by atoms with van der Waals surface area (Å²) in [6, 6.07) is 1.93. The lowest BCUT2D eigenvalue weighted by atomic mass is 10.1. The summed E-state index contributed by atoms with van der Waals surface area (Å²) in [7, 11) is 0. The zero-order valence-electron chi connectivity index (χ0n) is 11.5. The summed E-state index contributed by atoms with van der Waals surface area (Å²) < 4.78 is 0. The normalized spacial score (nSPS) is 18.0. The SMILES string of the molecule is CCC1C(=O)NCCN1C(=O)Nc1cccnc1C(=O)O. The Morgan fingerprint density at radius 1 is 1.57 bits per heavy atom. The van der Waals surface area contributed by atoms with Crippen LogP contribution in [0.15, 0.2) is 18.3 Å². The first-order valence-electron chi connectivity index (χ1n) is 6.58. The van der Waals surface area contributed by atoms with Crippen LogP contribution in [0.4, 0.5) is 10.5 Å². The standard InChI is InChI=1S/C13H16N4O4/c1-2-9-11(18)15-6-7-17(9)13(21)16-8-4-3-5-14-10(8)12(19)20/h3-5,9H,2,6-7H2,1H3,(H,15,18)(H,16,21)(H,19,20).